The molecule has 0 fully saturated rings. The van der Waals surface area contributed by atoms with Crippen molar-refractivity contribution in [2.45, 2.75) is 26.4 Å². The number of benzene rings is 1. The standard InChI is InChI=1S/C13H17ClFNO2/c1-8(2)12(17)7-16-13(18)6-9-10(14)4-3-5-11(9)15/h3-5,8,12,17H,6-7H2,1-2H3,(H,16,18). The lowest BCUT2D eigenvalue weighted by atomic mass is 10.1. The van der Waals surface area contributed by atoms with Gasteiger partial charge in [0.15, 0.2) is 0 Å². The van der Waals surface area contributed by atoms with E-state index in [1.807, 2.05) is 13.8 Å². The number of hydrogen-bond donors (Lipinski definition) is 2. The smallest absolute Gasteiger partial charge is 0.224 e. The Morgan fingerprint density at radius 1 is 1.50 bits per heavy atom. The van der Waals surface area contributed by atoms with Crippen LogP contribution in [0.15, 0.2) is 18.2 Å². The lowest BCUT2D eigenvalue weighted by Gasteiger charge is -2.15. The number of halogens is 2. The fourth-order valence-electron chi connectivity index (χ4n) is 1.38. The predicted molar refractivity (Wildman–Crippen MR) is 69.0 cm³/mol. The Hall–Kier alpha value is -1.13. The van der Waals surface area contributed by atoms with E-state index >= 15 is 0 Å². The molecule has 5 heteroatoms. The first kappa shape index (κ1) is 14.9. The Morgan fingerprint density at radius 2 is 2.17 bits per heavy atom. The molecule has 1 aromatic carbocycles. The molecule has 0 heterocycles. The van der Waals surface area contributed by atoms with E-state index in [1.54, 1.807) is 0 Å². The summed E-state index contributed by atoms with van der Waals surface area (Å²) >= 11 is 5.82. The monoisotopic (exact) mass is 273 g/mol. The summed E-state index contributed by atoms with van der Waals surface area (Å²) in [5.41, 5.74) is 0.177. The first-order valence-corrected chi connectivity index (χ1v) is 6.17. The summed E-state index contributed by atoms with van der Waals surface area (Å²) in [6, 6.07) is 4.29. The quantitative estimate of drug-likeness (QED) is 0.864. The second kappa shape index (κ2) is 6.71. The molecule has 18 heavy (non-hydrogen) atoms. The highest BCUT2D eigenvalue weighted by molar-refractivity contribution is 6.31. The highest BCUT2D eigenvalue weighted by Gasteiger charge is 2.14. The van der Waals surface area contributed by atoms with Crippen molar-refractivity contribution in [3.8, 4) is 0 Å². The van der Waals surface area contributed by atoms with E-state index < -0.39 is 11.9 Å². The fraction of sp³-hybridized carbons (Fsp3) is 0.462. The molecule has 0 radical (unpaired) electrons. The van der Waals surface area contributed by atoms with Gasteiger partial charge in [0.05, 0.1) is 12.5 Å². The lowest BCUT2D eigenvalue weighted by molar-refractivity contribution is -0.121. The van der Waals surface area contributed by atoms with Crippen LogP contribution in [0.4, 0.5) is 4.39 Å². The molecule has 0 aliphatic rings. The number of aliphatic hydroxyl groups is 1. The van der Waals surface area contributed by atoms with Gasteiger partial charge in [-0.15, -0.1) is 0 Å². The molecule has 1 unspecified atom stereocenters. The van der Waals surface area contributed by atoms with Crippen molar-refractivity contribution in [3.05, 3.63) is 34.6 Å². The zero-order valence-corrected chi connectivity index (χ0v) is 11.2. The summed E-state index contributed by atoms with van der Waals surface area (Å²) in [7, 11) is 0. The van der Waals surface area contributed by atoms with E-state index in [9.17, 15) is 14.3 Å². The molecule has 0 aliphatic heterocycles. The van der Waals surface area contributed by atoms with Gasteiger partial charge in [-0.1, -0.05) is 31.5 Å². The van der Waals surface area contributed by atoms with Crippen molar-refractivity contribution in [3.63, 3.8) is 0 Å². The van der Waals surface area contributed by atoms with Gasteiger partial charge >= 0.3 is 0 Å². The minimum Gasteiger partial charge on any atom is -0.391 e. The molecular formula is C13H17ClFNO2. The SMILES string of the molecule is CC(C)C(O)CNC(=O)Cc1c(F)cccc1Cl. The first-order chi connectivity index (χ1) is 8.41. The van der Waals surface area contributed by atoms with Crippen LogP contribution in [0.5, 0.6) is 0 Å². The zero-order valence-electron chi connectivity index (χ0n) is 10.4. The van der Waals surface area contributed by atoms with E-state index in [1.165, 1.54) is 18.2 Å². The highest BCUT2D eigenvalue weighted by Crippen LogP contribution is 2.19. The van der Waals surface area contributed by atoms with Crippen LogP contribution in [0.1, 0.15) is 19.4 Å². The molecule has 0 aliphatic carbocycles. The lowest BCUT2D eigenvalue weighted by Crippen LogP contribution is -2.35. The third-order valence-corrected chi connectivity index (χ3v) is 3.03. The van der Waals surface area contributed by atoms with Crippen LogP contribution in [0.25, 0.3) is 0 Å². The molecular weight excluding hydrogens is 257 g/mol. The van der Waals surface area contributed by atoms with Crippen LogP contribution in [0, 0.1) is 11.7 Å². The maximum atomic E-state index is 13.4. The van der Waals surface area contributed by atoms with Crippen LogP contribution in [-0.4, -0.2) is 23.7 Å². The van der Waals surface area contributed by atoms with Crippen molar-refractivity contribution in [1.82, 2.24) is 5.32 Å². The largest absolute Gasteiger partial charge is 0.391 e. The number of carbonyl (C=O) groups is 1. The Balaban J connectivity index is 2.55. The van der Waals surface area contributed by atoms with Crippen molar-refractivity contribution < 1.29 is 14.3 Å². The summed E-state index contributed by atoms with van der Waals surface area (Å²) in [6.07, 6.45) is -0.735. The van der Waals surface area contributed by atoms with Crippen molar-refractivity contribution in [1.29, 1.82) is 0 Å². The molecule has 0 saturated carbocycles. The van der Waals surface area contributed by atoms with Crippen molar-refractivity contribution in [2.24, 2.45) is 5.92 Å². The molecule has 0 bridgehead atoms. The van der Waals surface area contributed by atoms with Crippen molar-refractivity contribution >= 4 is 17.5 Å². The molecule has 1 atom stereocenters. The summed E-state index contributed by atoms with van der Waals surface area (Å²) in [4.78, 5) is 11.6. The summed E-state index contributed by atoms with van der Waals surface area (Å²) in [5, 5.41) is 12.3. The van der Waals surface area contributed by atoms with Gasteiger partial charge in [0.2, 0.25) is 5.91 Å². The number of nitrogens with one attached hydrogen (secondary N) is 1. The molecule has 3 nitrogen and oxygen atoms in total. The Bertz CT molecular complexity index is 403. The first-order valence-electron chi connectivity index (χ1n) is 5.79. The maximum absolute atomic E-state index is 13.4. The molecule has 2 N–H and O–H groups in total. The summed E-state index contributed by atoms with van der Waals surface area (Å²) in [5.74, 6) is -0.800. The average Bonchev–Trinajstić information content (AvgIpc) is 2.30. The van der Waals surface area contributed by atoms with Crippen LogP contribution < -0.4 is 5.32 Å². The fourth-order valence-corrected chi connectivity index (χ4v) is 1.61. The molecule has 1 amide bonds. The third kappa shape index (κ3) is 4.27. The number of rotatable bonds is 5. The molecule has 1 aromatic rings. The van der Waals surface area contributed by atoms with E-state index in [0.717, 1.165) is 0 Å². The van der Waals surface area contributed by atoms with E-state index in [0.29, 0.717) is 0 Å². The minimum atomic E-state index is -0.606. The zero-order chi connectivity index (χ0) is 13.7. The van der Waals surface area contributed by atoms with E-state index in [4.69, 9.17) is 11.6 Å². The molecule has 0 spiro atoms. The van der Waals surface area contributed by atoms with Crippen LogP contribution in [0.3, 0.4) is 0 Å². The van der Waals surface area contributed by atoms with Gasteiger partial charge in [-0.3, -0.25) is 4.79 Å². The third-order valence-electron chi connectivity index (χ3n) is 2.68. The Kier molecular flexibility index (Phi) is 5.56. The minimum absolute atomic E-state index is 0.0577. The van der Waals surface area contributed by atoms with Crippen LogP contribution in [0.2, 0.25) is 5.02 Å². The topological polar surface area (TPSA) is 49.3 Å². The number of carbonyl (C=O) groups excluding carboxylic acids is 1. The Labute approximate surface area is 111 Å². The van der Waals surface area contributed by atoms with Gasteiger partial charge in [0.1, 0.15) is 5.82 Å². The molecule has 0 aromatic heterocycles. The van der Waals surface area contributed by atoms with Gasteiger partial charge in [0.25, 0.3) is 0 Å². The van der Waals surface area contributed by atoms with Crippen molar-refractivity contribution in [2.75, 3.05) is 6.54 Å². The maximum Gasteiger partial charge on any atom is 0.224 e. The second-order valence-electron chi connectivity index (χ2n) is 4.49. The number of amides is 1. The van der Waals surface area contributed by atoms with Crippen LogP contribution in [-0.2, 0) is 11.2 Å². The highest BCUT2D eigenvalue weighted by atomic mass is 35.5. The Morgan fingerprint density at radius 3 is 2.72 bits per heavy atom. The van der Waals surface area contributed by atoms with E-state index in [2.05, 4.69) is 5.32 Å². The average molecular weight is 274 g/mol. The van der Waals surface area contributed by atoms with E-state index in [-0.39, 0.29) is 35.4 Å². The number of aliphatic hydroxyl groups excluding tert-OH is 1. The number of hydrogen-bond acceptors (Lipinski definition) is 2. The molecule has 1 rings (SSSR count). The molecule has 0 saturated heterocycles. The summed E-state index contributed by atoms with van der Waals surface area (Å²) < 4.78 is 13.4. The predicted octanol–water partition coefficient (Wildman–Crippen LogP) is 2.15. The van der Waals surface area contributed by atoms with Gasteiger partial charge in [0, 0.05) is 17.1 Å². The van der Waals surface area contributed by atoms with Gasteiger partial charge < -0.3 is 10.4 Å². The van der Waals surface area contributed by atoms with Crippen LogP contribution >= 0.6 is 11.6 Å². The second-order valence-corrected chi connectivity index (χ2v) is 4.90. The van der Waals surface area contributed by atoms with Gasteiger partial charge in [-0.05, 0) is 18.1 Å². The molecule has 100 valence electrons. The van der Waals surface area contributed by atoms with Gasteiger partial charge in [-0.2, -0.15) is 0 Å². The van der Waals surface area contributed by atoms with Gasteiger partial charge in [-0.25, -0.2) is 4.39 Å². The summed E-state index contributed by atoms with van der Waals surface area (Å²) in [6.45, 7) is 3.86. The normalized spacial score (nSPS) is 12.6.